The highest BCUT2D eigenvalue weighted by Crippen LogP contribution is 2.25. The van der Waals surface area contributed by atoms with Gasteiger partial charge in [-0.3, -0.25) is 10.1 Å². The van der Waals surface area contributed by atoms with Crippen molar-refractivity contribution in [3.8, 4) is 11.5 Å². The summed E-state index contributed by atoms with van der Waals surface area (Å²) in [7, 11) is 1.59. The van der Waals surface area contributed by atoms with Crippen LogP contribution < -0.4 is 20.1 Å². The zero-order valence-electron chi connectivity index (χ0n) is 15.7. The molecule has 0 fully saturated rings. The van der Waals surface area contributed by atoms with Gasteiger partial charge < -0.3 is 19.5 Å². The van der Waals surface area contributed by atoms with E-state index in [2.05, 4.69) is 10.6 Å². The lowest BCUT2D eigenvalue weighted by molar-refractivity contribution is 0.0970. The first kappa shape index (κ1) is 20.7. The fraction of sp³-hybridized carbons (Fsp3) is 0.300. The first-order valence-electron chi connectivity index (χ1n) is 8.60. The molecular weight excluding hydrogens is 364 g/mol. The maximum atomic E-state index is 12.6. The van der Waals surface area contributed by atoms with Gasteiger partial charge in [0.05, 0.1) is 24.0 Å². The minimum Gasteiger partial charge on any atom is -0.490 e. The second-order valence-electron chi connectivity index (χ2n) is 5.91. The minimum atomic E-state index is -0.359. The minimum absolute atomic E-state index is 0.0206. The number of hydrogen-bond acceptors (Lipinski definition) is 5. The Labute approximate surface area is 164 Å². The molecule has 1 amide bonds. The molecular formula is C20H24N2O4S. The van der Waals surface area contributed by atoms with Crippen molar-refractivity contribution in [1.82, 2.24) is 5.32 Å². The average Bonchev–Trinajstić information content (AvgIpc) is 2.63. The molecule has 0 atom stereocenters. The van der Waals surface area contributed by atoms with Gasteiger partial charge >= 0.3 is 0 Å². The predicted molar refractivity (Wildman–Crippen MR) is 110 cm³/mol. The summed E-state index contributed by atoms with van der Waals surface area (Å²) < 4.78 is 16.3. The largest absolute Gasteiger partial charge is 0.490 e. The van der Waals surface area contributed by atoms with Crippen molar-refractivity contribution in [3.05, 3.63) is 54.1 Å². The van der Waals surface area contributed by atoms with E-state index in [1.54, 1.807) is 31.4 Å². The van der Waals surface area contributed by atoms with Crippen molar-refractivity contribution in [2.24, 2.45) is 0 Å². The zero-order chi connectivity index (χ0) is 19.6. The summed E-state index contributed by atoms with van der Waals surface area (Å²) in [5.41, 5.74) is 1.07. The van der Waals surface area contributed by atoms with Gasteiger partial charge in [-0.2, -0.15) is 0 Å². The monoisotopic (exact) mass is 388 g/mol. The van der Waals surface area contributed by atoms with Gasteiger partial charge in [0, 0.05) is 7.11 Å². The highest BCUT2D eigenvalue weighted by Gasteiger charge is 2.14. The lowest BCUT2D eigenvalue weighted by Crippen LogP contribution is -2.34. The van der Waals surface area contributed by atoms with E-state index in [0.717, 1.165) is 0 Å². The summed E-state index contributed by atoms with van der Waals surface area (Å²) >= 11 is 5.28. The van der Waals surface area contributed by atoms with Crippen LogP contribution in [0.25, 0.3) is 0 Å². The number of benzene rings is 2. The molecule has 0 unspecified atom stereocenters. The van der Waals surface area contributed by atoms with Crippen molar-refractivity contribution in [2.45, 2.75) is 20.0 Å². The Kier molecular flexibility index (Phi) is 8.03. The van der Waals surface area contributed by atoms with Gasteiger partial charge in [-0.05, 0) is 50.3 Å². The quantitative estimate of drug-likeness (QED) is 0.532. The topological polar surface area (TPSA) is 68.8 Å². The summed E-state index contributed by atoms with van der Waals surface area (Å²) in [5.74, 6) is 0.772. The molecule has 27 heavy (non-hydrogen) atoms. The van der Waals surface area contributed by atoms with Crippen LogP contribution in [0.4, 0.5) is 5.69 Å². The Bertz CT molecular complexity index is 780. The summed E-state index contributed by atoms with van der Waals surface area (Å²) in [4.78, 5) is 12.6. The van der Waals surface area contributed by atoms with Crippen LogP contribution in [0.15, 0.2) is 48.5 Å². The second kappa shape index (κ2) is 10.5. The molecule has 0 aliphatic rings. The van der Waals surface area contributed by atoms with E-state index in [1.165, 1.54) is 0 Å². The van der Waals surface area contributed by atoms with E-state index in [-0.39, 0.29) is 17.1 Å². The summed E-state index contributed by atoms with van der Waals surface area (Å²) in [6, 6.07) is 14.4. The molecule has 0 heterocycles. The third-order valence-electron chi connectivity index (χ3n) is 3.40. The van der Waals surface area contributed by atoms with Crippen LogP contribution in [0.2, 0.25) is 0 Å². The normalized spacial score (nSPS) is 10.4. The highest BCUT2D eigenvalue weighted by atomic mass is 32.1. The van der Waals surface area contributed by atoms with Crippen LogP contribution in [0.3, 0.4) is 0 Å². The number of nitrogens with one attached hydrogen (secondary N) is 2. The van der Waals surface area contributed by atoms with Gasteiger partial charge in [-0.25, -0.2) is 0 Å². The number of carbonyl (C=O) groups excluding carboxylic acids is 1. The fourth-order valence-corrected chi connectivity index (χ4v) is 2.47. The Balaban J connectivity index is 2.04. The predicted octanol–water partition coefficient (Wildman–Crippen LogP) is 3.63. The smallest absolute Gasteiger partial charge is 0.261 e. The maximum absolute atomic E-state index is 12.6. The van der Waals surface area contributed by atoms with Crippen LogP contribution in [0.5, 0.6) is 11.5 Å². The van der Waals surface area contributed by atoms with Gasteiger partial charge in [0.1, 0.15) is 18.1 Å². The van der Waals surface area contributed by atoms with Crippen molar-refractivity contribution >= 4 is 28.9 Å². The fourth-order valence-electron chi connectivity index (χ4n) is 2.27. The molecule has 7 heteroatoms. The van der Waals surface area contributed by atoms with Crippen molar-refractivity contribution in [1.29, 1.82) is 0 Å². The molecule has 0 bridgehead atoms. The standard InChI is InChI=1S/C20H24N2O4S/c1-14(2)26-18-11-7-5-9-16(18)21-20(27)22-19(23)15-8-4-6-10-17(15)25-13-12-24-3/h4-11,14H,12-13H2,1-3H3,(H2,21,22,23,27). The first-order valence-corrected chi connectivity index (χ1v) is 9.01. The van der Waals surface area contributed by atoms with Gasteiger partial charge in [0.15, 0.2) is 5.11 Å². The Morgan fingerprint density at radius 3 is 2.41 bits per heavy atom. The van der Waals surface area contributed by atoms with E-state index in [9.17, 15) is 4.79 Å². The number of anilines is 1. The molecule has 0 spiro atoms. The first-order chi connectivity index (χ1) is 13.0. The molecule has 6 nitrogen and oxygen atoms in total. The van der Waals surface area contributed by atoms with Gasteiger partial charge in [-0.1, -0.05) is 24.3 Å². The van der Waals surface area contributed by atoms with Crippen molar-refractivity contribution in [2.75, 3.05) is 25.6 Å². The molecule has 0 saturated heterocycles. The number of hydrogen-bond donors (Lipinski definition) is 2. The van der Waals surface area contributed by atoms with Gasteiger partial charge in [-0.15, -0.1) is 0 Å². The van der Waals surface area contributed by atoms with E-state index >= 15 is 0 Å². The number of ether oxygens (including phenoxy) is 3. The third-order valence-corrected chi connectivity index (χ3v) is 3.61. The molecule has 144 valence electrons. The van der Waals surface area contributed by atoms with Crippen LogP contribution in [0.1, 0.15) is 24.2 Å². The number of methoxy groups -OCH3 is 1. The second-order valence-corrected chi connectivity index (χ2v) is 6.32. The lowest BCUT2D eigenvalue weighted by Gasteiger charge is -2.16. The number of amides is 1. The Hall–Kier alpha value is -2.64. The van der Waals surface area contributed by atoms with Gasteiger partial charge in [0.2, 0.25) is 0 Å². The van der Waals surface area contributed by atoms with Crippen LogP contribution in [-0.2, 0) is 4.74 Å². The van der Waals surface area contributed by atoms with E-state index in [4.69, 9.17) is 26.4 Å². The van der Waals surface area contributed by atoms with E-state index in [1.807, 2.05) is 38.1 Å². The molecule has 2 N–H and O–H groups in total. The summed E-state index contributed by atoms with van der Waals surface area (Å²) in [5, 5.41) is 5.85. The Morgan fingerprint density at radius 1 is 1.04 bits per heavy atom. The highest BCUT2D eigenvalue weighted by molar-refractivity contribution is 7.80. The lowest BCUT2D eigenvalue weighted by atomic mass is 10.2. The number of rotatable bonds is 8. The molecule has 0 saturated carbocycles. The molecule has 0 aliphatic carbocycles. The van der Waals surface area contributed by atoms with E-state index < -0.39 is 0 Å². The SMILES string of the molecule is COCCOc1ccccc1C(=O)NC(=S)Nc1ccccc1OC(C)C. The maximum Gasteiger partial charge on any atom is 0.261 e. The molecule has 2 rings (SSSR count). The van der Waals surface area contributed by atoms with Crippen LogP contribution in [-0.4, -0.2) is 37.4 Å². The number of carbonyl (C=O) groups is 1. The number of thiocarbonyl (C=S) groups is 1. The van der Waals surface area contributed by atoms with Gasteiger partial charge in [0.25, 0.3) is 5.91 Å². The number of para-hydroxylation sites is 3. The molecule has 2 aromatic rings. The Morgan fingerprint density at radius 2 is 1.70 bits per heavy atom. The summed E-state index contributed by atoms with van der Waals surface area (Å²) in [6.45, 7) is 4.67. The average molecular weight is 388 g/mol. The van der Waals surface area contributed by atoms with Crippen LogP contribution in [0, 0.1) is 0 Å². The molecule has 0 radical (unpaired) electrons. The molecule has 0 aromatic heterocycles. The van der Waals surface area contributed by atoms with E-state index in [0.29, 0.717) is 36.0 Å². The van der Waals surface area contributed by atoms with Crippen molar-refractivity contribution in [3.63, 3.8) is 0 Å². The molecule has 2 aromatic carbocycles. The molecule has 0 aliphatic heterocycles. The third kappa shape index (κ3) is 6.54. The summed E-state index contributed by atoms with van der Waals surface area (Å²) in [6.07, 6.45) is 0.0206. The van der Waals surface area contributed by atoms with Crippen molar-refractivity contribution < 1.29 is 19.0 Å². The van der Waals surface area contributed by atoms with Crippen LogP contribution >= 0.6 is 12.2 Å². The zero-order valence-corrected chi connectivity index (χ0v) is 16.5.